The zero-order valence-electron chi connectivity index (χ0n) is 12.3. The molecule has 0 fully saturated rings. The van der Waals surface area contributed by atoms with Gasteiger partial charge in [-0.05, 0) is 31.0 Å². The van der Waals surface area contributed by atoms with E-state index in [1.807, 2.05) is 43.5 Å². The molecule has 0 atom stereocenters. The van der Waals surface area contributed by atoms with Crippen molar-refractivity contribution >= 4 is 17.4 Å². The third-order valence-corrected chi connectivity index (χ3v) is 4.25. The first kappa shape index (κ1) is 14.6. The highest BCUT2D eigenvalue weighted by molar-refractivity contribution is 7.99. The maximum Gasteiger partial charge on any atom is 0.300 e. The maximum absolute atomic E-state index is 12.6. The lowest BCUT2D eigenvalue weighted by Crippen LogP contribution is -2.20. The van der Waals surface area contributed by atoms with Crippen LogP contribution in [0.15, 0.2) is 59.3 Å². The molecule has 0 spiro atoms. The molecule has 5 nitrogen and oxygen atoms in total. The van der Waals surface area contributed by atoms with Crippen molar-refractivity contribution in [3.63, 3.8) is 0 Å². The quantitative estimate of drug-likeness (QED) is 0.413. The van der Waals surface area contributed by atoms with Gasteiger partial charge >= 0.3 is 5.56 Å². The van der Waals surface area contributed by atoms with E-state index in [2.05, 4.69) is 16.8 Å². The van der Waals surface area contributed by atoms with Gasteiger partial charge in [0.25, 0.3) is 0 Å². The smallest absolute Gasteiger partial charge is 0.280 e. The molecule has 3 rings (SSSR count). The van der Waals surface area contributed by atoms with Crippen LogP contribution >= 0.6 is 11.8 Å². The first-order valence-corrected chi connectivity index (χ1v) is 7.96. The Bertz CT molecular complexity index is 881. The molecule has 0 N–H and O–H groups in total. The van der Waals surface area contributed by atoms with Crippen molar-refractivity contribution in [2.45, 2.75) is 18.5 Å². The van der Waals surface area contributed by atoms with Gasteiger partial charge in [0.15, 0.2) is 5.16 Å². The molecule has 22 heavy (non-hydrogen) atoms. The SMILES string of the molecule is C=CCCSc1nnc2c(=O)n(-c3cccc(C)c3)ccn12. The second-order valence-electron chi connectivity index (χ2n) is 4.91. The van der Waals surface area contributed by atoms with Crippen molar-refractivity contribution < 1.29 is 0 Å². The number of benzene rings is 1. The Labute approximate surface area is 132 Å². The van der Waals surface area contributed by atoms with E-state index in [1.54, 1.807) is 26.9 Å². The third-order valence-electron chi connectivity index (χ3n) is 3.27. The summed E-state index contributed by atoms with van der Waals surface area (Å²) in [5.41, 5.74) is 2.10. The van der Waals surface area contributed by atoms with Crippen LogP contribution in [0.4, 0.5) is 0 Å². The Morgan fingerprint density at radius 3 is 2.95 bits per heavy atom. The van der Waals surface area contributed by atoms with Crippen LogP contribution in [0.3, 0.4) is 0 Å². The fraction of sp³-hybridized carbons (Fsp3) is 0.188. The topological polar surface area (TPSA) is 52.2 Å². The normalized spacial score (nSPS) is 11.0. The van der Waals surface area contributed by atoms with E-state index in [4.69, 9.17) is 0 Å². The molecule has 1 aromatic carbocycles. The lowest BCUT2D eigenvalue weighted by molar-refractivity contribution is 0.892. The Hall–Kier alpha value is -2.34. The minimum absolute atomic E-state index is 0.170. The van der Waals surface area contributed by atoms with Gasteiger partial charge in [0.05, 0.1) is 0 Å². The van der Waals surface area contributed by atoms with Gasteiger partial charge in [0, 0.05) is 23.8 Å². The number of allylic oxidation sites excluding steroid dienone is 1. The standard InChI is InChI=1S/C16H16N4OS/c1-3-4-10-22-16-18-17-14-15(21)19(8-9-20(14)16)13-7-5-6-12(2)11-13/h3,5-9,11H,1,4,10H2,2H3. The second kappa shape index (κ2) is 6.19. The summed E-state index contributed by atoms with van der Waals surface area (Å²) in [7, 11) is 0. The van der Waals surface area contributed by atoms with Gasteiger partial charge in [-0.3, -0.25) is 13.8 Å². The average molecular weight is 312 g/mol. The van der Waals surface area contributed by atoms with Gasteiger partial charge in [-0.25, -0.2) is 0 Å². The van der Waals surface area contributed by atoms with Crippen molar-refractivity contribution in [2.24, 2.45) is 0 Å². The van der Waals surface area contributed by atoms with Gasteiger partial charge in [0.1, 0.15) is 0 Å². The van der Waals surface area contributed by atoms with Crippen LogP contribution < -0.4 is 5.56 Å². The summed E-state index contributed by atoms with van der Waals surface area (Å²) in [5, 5.41) is 8.87. The Kier molecular flexibility index (Phi) is 4.11. The van der Waals surface area contributed by atoms with Crippen LogP contribution in [-0.2, 0) is 0 Å². The highest BCUT2D eigenvalue weighted by Gasteiger charge is 2.11. The fourth-order valence-electron chi connectivity index (χ4n) is 2.18. The second-order valence-corrected chi connectivity index (χ2v) is 5.98. The van der Waals surface area contributed by atoms with E-state index in [-0.39, 0.29) is 5.56 Å². The Morgan fingerprint density at radius 2 is 2.18 bits per heavy atom. The lowest BCUT2D eigenvalue weighted by atomic mass is 10.2. The predicted octanol–water partition coefficient (Wildman–Crippen LogP) is 2.86. The van der Waals surface area contributed by atoms with Crippen molar-refractivity contribution in [3.8, 4) is 5.69 Å². The molecule has 6 heteroatoms. The first-order valence-electron chi connectivity index (χ1n) is 6.98. The summed E-state index contributed by atoms with van der Waals surface area (Å²) < 4.78 is 3.33. The molecule has 0 saturated heterocycles. The summed E-state index contributed by atoms with van der Waals surface area (Å²) >= 11 is 1.56. The van der Waals surface area contributed by atoms with Gasteiger partial charge in [-0.1, -0.05) is 30.0 Å². The fourth-order valence-corrected chi connectivity index (χ4v) is 3.03. The first-order chi connectivity index (χ1) is 10.7. The molecule has 0 saturated carbocycles. The molecule has 0 aliphatic carbocycles. The molecule has 0 radical (unpaired) electrons. The number of aromatic nitrogens is 4. The molecule has 2 heterocycles. The molecule has 0 aliphatic rings. The minimum Gasteiger partial charge on any atom is -0.280 e. The lowest BCUT2D eigenvalue weighted by Gasteiger charge is -2.07. The van der Waals surface area contributed by atoms with E-state index < -0.39 is 0 Å². The van der Waals surface area contributed by atoms with Gasteiger partial charge in [-0.2, -0.15) is 0 Å². The van der Waals surface area contributed by atoms with E-state index in [1.165, 1.54) is 0 Å². The highest BCUT2D eigenvalue weighted by atomic mass is 32.2. The van der Waals surface area contributed by atoms with E-state index in [0.29, 0.717) is 5.65 Å². The number of thioether (sulfide) groups is 1. The molecule has 0 unspecified atom stereocenters. The summed E-state index contributed by atoms with van der Waals surface area (Å²) in [6.45, 7) is 5.70. The monoisotopic (exact) mass is 312 g/mol. The zero-order chi connectivity index (χ0) is 15.5. The zero-order valence-corrected chi connectivity index (χ0v) is 13.1. The van der Waals surface area contributed by atoms with Crippen LogP contribution in [0.2, 0.25) is 0 Å². The Morgan fingerprint density at radius 1 is 1.32 bits per heavy atom. The number of aryl methyl sites for hydroxylation is 1. The molecule has 2 aromatic heterocycles. The molecule has 0 amide bonds. The van der Waals surface area contributed by atoms with E-state index in [9.17, 15) is 4.79 Å². The average Bonchev–Trinajstić information content (AvgIpc) is 2.92. The number of rotatable bonds is 5. The number of hydrogen-bond acceptors (Lipinski definition) is 4. The number of hydrogen-bond donors (Lipinski definition) is 0. The van der Waals surface area contributed by atoms with Crippen LogP contribution in [0.1, 0.15) is 12.0 Å². The van der Waals surface area contributed by atoms with Crippen LogP contribution in [0.25, 0.3) is 11.3 Å². The van der Waals surface area contributed by atoms with Crippen molar-refractivity contribution in [3.05, 3.63) is 65.2 Å². The summed E-state index contributed by atoms with van der Waals surface area (Å²) in [4.78, 5) is 12.6. The summed E-state index contributed by atoms with van der Waals surface area (Å²) in [6, 6.07) is 7.80. The van der Waals surface area contributed by atoms with Crippen molar-refractivity contribution in [1.29, 1.82) is 0 Å². The highest BCUT2D eigenvalue weighted by Crippen LogP contribution is 2.17. The molecular formula is C16H16N4OS. The van der Waals surface area contributed by atoms with Gasteiger partial charge < -0.3 is 0 Å². The maximum atomic E-state index is 12.6. The van der Waals surface area contributed by atoms with E-state index in [0.717, 1.165) is 28.6 Å². The molecule has 112 valence electrons. The molecule has 0 aliphatic heterocycles. The number of nitrogens with zero attached hydrogens (tertiary/aromatic N) is 4. The van der Waals surface area contributed by atoms with Crippen LogP contribution in [-0.4, -0.2) is 24.9 Å². The van der Waals surface area contributed by atoms with Crippen LogP contribution in [0, 0.1) is 6.92 Å². The summed E-state index contributed by atoms with van der Waals surface area (Å²) in [6.07, 6.45) is 6.33. The largest absolute Gasteiger partial charge is 0.300 e. The summed E-state index contributed by atoms with van der Waals surface area (Å²) in [5.74, 6) is 0.866. The Balaban J connectivity index is 2.04. The van der Waals surface area contributed by atoms with Crippen LogP contribution in [0.5, 0.6) is 0 Å². The third kappa shape index (κ3) is 2.69. The molecule has 3 aromatic rings. The van der Waals surface area contributed by atoms with Gasteiger partial charge in [0.2, 0.25) is 5.65 Å². The minimum atomic E-state index is -0.170. The van der Waals surface area contributed by atoms with Gasteiger partial charge in [-0.15, -0.1) is 16.8 Å². The van der Waals surface area contributed by atoms with E-state index >= 15 is 0 Å². The predicted molar refractivity (Wildman–Crippen MR) is 88.9 cm³/mol. The molecular weight excluding hydrogens is 296 g/mol. The molecule has 0 bridgehead atoms. The van der Waals surface area contributed by atoms with Crippen molar-refractivity contribution in [1.82, 2.24) is 19.2 Å². The number of fused-ring (bicyclic) bond motifs is 1. The van der Waals surface area contributed by atoms with Crippen molar-refractivity contribution in [2.75, 3.05) is 5.75 Å².